The fraction of sp³-hybridized carbons (Fsp3) is 0.400. The molecule has 4 rings (SSSR count). The number of rotatable bonds is 4. The highest BCUT2D eigenvalue weighted by Gasteiger charge is 2.22. The second-order valence-electron chi connectivity index (χ2n) is 7.37. The lowest BCUT2D eigenvalue weighted by molar-refractivity contribution is 0.347. The van der Waals surface area contributed by atoms with Gasteiger partial charge in [-0.05, 0) is 32.6 Å². The van der Waals surface area contributed by atoms with Gasteiger partial charge in [0.05, 0.1) is 6.20 Å². The van der Waals surface area contributed by atoms with Gasteiger partial charge in [0.2, 0.25) is 5.95 Å². The Morgan fingerprint density at radius 2 is 1.96 bits per heavy atom. The minimum atomic E-state index is 0.339. The highest BCUT2D eigenvalue weighted by Crippen LogP contribution is 2.24. The molecule has 3 heterocycles. The van der Waals surface area contributed by atoms with E-state index in [0.29, 0.717) is 11.9 Å². The van der Waals surface area contributed by atoms with Crippen molar-refractivity contribution in [3.05, 3.63) is 47.8 Å². The molecular formula is C20H25N7. The minimum Gasteiger partial charge on any atom is -0.368 e. The second kappa shape index (κ2) is 7.34. The number of hydrogen-bond acceptors (Lipinski definition) is 6. The summed E-state index contributed by atoms with van der Waals surface area (Å²) in [4.78, 5) is 10.9. The Morgan fingerprint density at radius 1 is 1.15 bits per heavy atom. The number of hydrogen-bond donors (Lipinski definition) is 1. The van der Waals surface area contributed by atoms with E-state index >= 15 is 0 Å². The van der Waals surface area contributed by atoms with Crippen LogP contribution < -0.4 is 10.6 Å². The summed E-state index contributed by atoms with van der Waals surface area (Å²) in [5.74, 6) is 1.76. The third-order valence-corrected chi connectivity index (χ3v) is 5.03. The van der Waals surface area contributed by atoms with Gasteiger partial charge in [0.1, 0.15) is 11.5 Å². The molecule has 1 aliphatic rings. The number of aryl methyl sites for hydroxylation is 2. The molecule has 2 N–H and O–H groups in total. The number of piperidine rings is 1. The molecule has 0 amide bonds. The van der Waals surface area contributed by atoms with Gasteiger partial charge in [-0.3, -0.25) is 4.68 Å². The highest BCUT2D eigenvalue weighted by molar-refractivity contribution is 5.57. The van der Waals surface area contributed by atoms with Gasteiger partial charge >= 0.3 is 0 Å². The van der Waals surface area contributed by atoms with Crippen LogP contribution in [0.5, 0.6) is 0 Å². The molecule has 1 aromatic carbocycles. The molecule has 2 aromatic heterocycles. The maximum absolute atomic E-state index is 5.82. The first-order chi connectivity index (χ1) is 13.1. The summed E-state index contributed by atoms with van der Waals surface area (Å²) in [6.45, 7) is 6.83. The predicted octanol–water partition coefficient (Wildman–Crippen LogP) is 2.85. The van der Waals surface area contributed by atoms with Gasteiger partial charge in [0.25, 0.3) is 0 Å². The lowest BCUT2D eigenvalue weighted by atomic mass is 9.98. The van der Waals surface area contributed by atoms with Crippen molar-refractivity contribution in [1.82, 2.24) is 25.0 Å². The molecule has 27 heavy (non-hydrogen) atoms. The molecule has 7 nitrogen and oxygen atoms in total. The average Bonchev–Trinajstić information content (AvgIpc) is 3.10. The number of aromatic nitrogens is 5. The largest absolute Gasteiger partial charge is 0.368 e. The molecule has 1 saturated heterocycles. The molecule has 0 bridgehead atoms. The Morgan fingerprint density at radius 3 is 2.74 bits per heavy atom. The molecule has 1 unspecified atom stereocenters. The topological polar surface area (TPSA) is 85.8 Å². The van der Waals surface area contributed by atoms with Crippen LogP contribution in [-0.2, 0) is 6.54 Å². The van der Waals surface area contributed by atoms with E-state index in [1.54, 1.807) is 0 Å². The van der Waals surface area contributed by atoms with E-state index in [0.717, 1.165) is 48.8 Å². The highest BCUT2D eigenvalue weighted by atomic mass is 15.4. The van der Waals surface area contributed by atoms with Gasteiger partial charge in [-0.15, -0.1) is 5.10 Å². The molecule has 140 valence electrons. The summed E-state index contributed by atoms with van der Waals surface area (Å²) in [6, 6.07) is 10.4. The monoisotopic (exact) mass is 363 g/mol. The van der Waals surface area contributed by atoms with Gasteiger partial charge < -0.3 is 10.6 Å². The van der Waals surface area contributed by atoms with Crippen LogP contribution in [0, 0.1) is 19.8 Å². The van der Waals surface area contributed by atoms with E-state index in [9.17, 15) is 0 Å². The van der Waals surface area contributed by atoms with Crippen LogP contribution in [0.1, 0.15) is 24.1 Å². The van der Waals surface area contributed by atoms with Crippen LogP contribution in [0.2, 0.25) is 0 Å². The molecule has 1 atom stereocenters. The Labute approximate surface area is 159 Å². The average molecular weight is 363 g/mol. The van der Waals surface area contributed by atoms with Gasteiger partial charge in [-0.2, -0.15) is 4.98 Å². The summed E-state index contributed by atoms with van der Waals surface area (Å²) >= 11 is 0. The molecule has 3 aromatic rings. The van der Waals surface area contributed by atoms with Gasteiger partial charge in [-0.25, -0.2) is 4.98 Å². The number of nitrogens with zero attached hydrogens (tertiary/aromatic N) is 6. The van der Waals surface area contributed by atoms with Crippen molar-refractivity contribution >= 4 is 11.8 Å². The van der Waals surface area contributed by atoms with Gasteiger partial charge in [0, 0.05) is 37.0 Å². The standard InChI is InChI=1S/C20H25N7/c1-14-5-7-17(8-6-14)18-13-27(25-24-18)12-16-4-3-9-26(11-16)19-10-15(2)22-20(21)23-19/h5-8,10,13,16H,3-4,9,11-12H2,1-2H3,(H2,21,22,23). The van der Waals surface area contributed by atoms with E-state index in [1.165, 1.54) is 12.0 Å². The van der Waals surface area contributed by atoms with Crippen molar-refractivity contribution in [1.29, 1.82) is 0 Å². The normalized spacial score (nSPS) is 17.3. The maximum atomic E-state index is 5.82. The maximum Gasteiger partial charge on any atom is 0.222 e. The van der Waals surface area contributed by atoms with E-state index in [2.05, 4.69) is 56.4 Å². The first-order valence-corrected chi connectivity index (χ1v) is 9.40. The molecule has 0 radical (unpaired) electrons. The molecule has 0 saturated carbocycles. The van der Waals surface area contributed by atoms with Crippen LogP contribution in [0.4, 0.5) is 11.8 Å². The summed E-state index contributed by atoms with van der Waals surface area (Å²) in [5.41, 5.74) is 9.99. The molecule has 0 aliphatic carbocycles. The van der Waals surface area contributed by atoms with Crippen LogP contribution in [0.3, 0.4) is 0 Å². The smallest absolute Gasteiger partial charge is 0.222 e. The number of benzene rings is 1. The van der Waals surface area contributed by atoms with Crippen molar-refractivity contribution in [2.24, 2.45) is 5.92 Å². The SMILES string of the molecule is Cc1ccc(-c2cn(CC3CCCN(c4cc(C)nc(N)n4)C3)nn2)cc1. The third kappa shape index (κ3) is 4.07. The van der Waals surface area contributed by atoms with Gasteiger partial charge in [0.15, 0.2) is 0 Å². The lowest BCUT2D eigenvalue weighted by Crippen LogP contribution is -2.37. The first kappa shape index (κ1) is 17.5. The number of anilines is 2. The molecule has 0 spiro atoms. The van der Waals surface area contributed by atoms with Crippen LogP contribution in [0.15, 0.2) is 36.5 Å². The van der Waals surface area contributed by atoms with Crippen molar-refractivity contribution in [3.63, 3.8) is 0 Å². The zero-order valence-electron chi connectivity index (χ0n) is 15.8. The quantitative estimate of drug-likeness (QED) is 0.767. The molecule has 1 aliphatic heterocycles. The fourth-order valence-electron chi connectivity index (χ4n) is 3.67. The van der Waals surface area contributed by atoms with Gasteiger partial charge in [-0.1, -0.05) is 35.0 Å². The molecule has 1 fully saturated rings. The van der Waals surface area contributed by atoms with Crippen LogP contribution in [-0.4, -0.2) is 38.1 Å². The van der Waals surface area contributed by atoms with Crippen molar-refractivity contribution in [2.45, 2.75) is 33.2 Å². The Kier molecular flexibility index (Phi) is 4.75. The number of nitrogen functional groups attached to an aromatic ring is 1. The van der Waals surface area contributed by atoms with Crippen molar-refractivity contribution < 1.29 is 0 Å². The van der Waals surface area contributed by atoms with Crippen LogP contribution in [0.25, 0.3) is 11.3 Å². The third-order valence-electron chi connectivity index (χ3n) is 5.03. The zero-order valence-corrected chi connectivity index (χ0v) is 15.8. The first-order valence-electron chi connectivity index (χ1n) is 9.40. The molecule has 7 heteroatoms. The van der Waals surface area contributed by atoms with E-state index in [1.807, 2.05) is 23.9 Å². The summed E-state index contributed by atoms with van der Waals surface area (Å²) in [6.07, 6.45) is 4.35. The van der Waals surface area contributed by atoms with E-state index in [4.69, 9.17) is 5.73 Å². The van der Waals surface area contributed by atoms with E-state index < -0.39 is 0 Å². The second-order valence-corrected chi connectivity index (χ2v) is 7.37. The van der Waals surface area contributed by atoms with Crippen molar-refractivity contribution in [3.8, 4) is 11.3 Å². The number of nitrogens with two attached hydrogens (primary N) is 1. The molecular weight excluding hydrogens is 338 g/mol. The minimum absolute atomic E-state index is 0.339. The zero-order chi connectivity index (χ0) is 18.8. The predicted molar refractivity (Wildman–Crippen MR) is 106 cm³/mol. The summed E-state index contributed by atoms with van der Waals surface area (Å²) in [7, 11) is 0. The van der Waals surface area contributed by atoms with E-state index in [-0.39, 0.29) is 0 Å². The Hall–Kier alpha value is -2.96. The Balaban J connectivity index is 1.44. The summed E-state index contributed by atoms with van der Waals surface area (Å²) in [5, 5.41) is 8.68. The fourth-order valence-corrected chi connectivity index (χ4v) is 3.67. The summed E-state index contributed by atoms with van der Waals surface area (Å²) < 4.78 is 1.96. The lowest BCUT2D eigenvalue weighted by Gasteiger charge is -2.33. The Bertz CT molecular complexity index is 896. The van der Waals surface area contributed by atoms with Crippen molar-refractivity contribution in [2.75, 3.05) is 23.7 Å². The van der Waals surface area contributed by atoms with Crippen LogP contribution >= 0.6 is 0 Å².